The molecule has 21 heavy (non-hydrogen) atoms. The van der Waals surface area contributed by atoms with E-state index in [9.17, 15) is 0 Å². The second-order valence-corrected chi connectivity index (χ2v) is 5.05. The third-order valence-corrected chi connectivity index (χ3v) is 3.66. The van der Waals surface area contributed by atoms with E-state index in [2.05, 4.69) is 15.4 Å². The lowest BCUT2D eigenvalue weighted by molar-refractivity contribution is 0.344. The molecule has 0 fully saturated rings. The topological polar surface area (TPSA) is 47.9 Å². The fraction of sp³-hybridized carbons (Fsp3) is 0.133. The molecule has 2 aromatic carbocycles. The van der Waals surface area contributed by atoms with Crippen LogP contribution in [0.2, 0.25) is 10.3 Å². The summed E-state index contributed by atoms with van der Waals surface area (Å²) in [6, 6.07) is 11.7. The first-order chi connectivity index (χ1) is 10.2. The highest BCUT2D eigenvalue weighted by molar-refractivity contribution is 6.38. The molecule has 0 saturated carbocycles. The summed E-state index contributed by atoms with van der Waals surface area (Å²) in [6.07, 6.45) is 0. The van der Waals surface area contributed by atoms with Crippen molar-refractivity contribution in [1.29, 1.82) is 0 Å². The molecule has 6 heteroatoms. The molecule has 0 N–H and O–H groups in total. The van der Waals surface area contributed by atoms with E-state index >= 15 is 0 Å². The molecule has 106 valence electrons. The molecule has 1 aromatic heterocycles. The number of aromatic nitrogens is 3. The van der Waals surface area contributed by atoms with Crippen molar-refractivity contribution in [3.8, 4) is 16.9 Å². The second-order valence-electron chi connectivity index (χ2n) is 4.34. The van der Waals surface area contributed by atoms with Gasteiger partial charge in [-0.2, -0.15) is 0 Å². The van der Waals surface area contributed by atoms with Crippen LogP contribution in [-0.4, -0.2) is 22.0 Å². The third kappa shape index (κ3) is 2.52. The van der Waals surface area contributed by atoms with Gasteiger partial charge in [0.2, 0.25) is 0 Å². The minimum absolute atomic E-state index is 0.226. The van der Waals surface area contributed by atoms with Gasteiger partial charge in [-0.1, -0.05) is 47.5 Å². The zero-order valence-corrected chi connectivity index (χ0v) is 12.7. The van der Waals surface area contributed by atoms with Gasteiger partial charge in [0.05, 0.1) is 12.2 Å². The Hall–Kier alpha value is -1.91. The summed E-state index contributed by atoms with van der Waals surface area (Å²) >= 11 is 12.3. The van der Waals surface area contributed by atoms with Crippen LogP contribution in [0.5, 0.6) is 5.75 Å². The van der Waals surface area contributed by atoms with E-state index in [-0.39, 0.29) is 10.3 Å². The number of nitrogens with zero attached hydrogens (tertiary/aromatic N) is 3. The fourth-order valence-electron chi connectivity index (χ4n) is 2.28. The molecule has 0 amide bonds. The minimum Gasteiger partial charge on any atom is -0.493 e. The molecule has 0 spiro atoms. The largest absolute Gasteiger partial charge is 0.493 e. The predicted molar refractivity (Wildman–Crippen MR) is 84.0 cm³/mol. The summed E-state index contributed by atoms with van der Waals surface area (Å²) in [6.45, 7) is 2.55. The van der Waals surface area contributed by atoms with Crippen LogP contribution < -0.4 is 4.74 Å². The Kier molecular flexibility index (Phi) is 3.90. The van der Waals surface area contributed by atoms with Crippen LogP contribution in [0.15, 0.2) is 36.4 Å². The Labute approximate surface area is 131 Å². The number of hydrogen-bond donors (Lipinski definition) is 0. The van der Waals surface area contributed by atoms with E-state index < -0.39 is 0 Å². The first kappa shape index (κ1) is 14.0. The zero-order chi connectivity index (χ0) is 14.8. The van der Waals surface area contributed by atoms with Crippen LogP contribution >= 0.6 is 23.2 Å². The summed E-state index contributed by atoms with van der Waals surface area (Å²) in [5, 5.41) is 13.5. The average molecular weight is 320 g/mol. The monoisotopic (exact) mass is 319 g/mol. The number of hydrogen-bond acceptors (Lipinski definition) is 4. The Balaban J connectivity index is 2.32. The van der Waals surface area contributed by atoms with Crippen molar-refractivity contribution < 1.29 is 4.74 Å². The standard InChI is InChI=1S/C15H11Cl2N3O/c1-2-21-12-8-7-11(9-5-3-4-6-10(9)12)13-14(16)18-20-19-15(13)17/h3-8H,2H2,1H3. The number of fused-ring (bicyclic) bond motifs is 1. The maximum atomic E-state index is 6.14. The average Bonchev–Trinajstić information content (AvgIpc) is 2.49. The van der Waals surface area contributed by atoms with E-state index in [4.69, 9.17) is 27.9 Å². The molecule has 0 radical (unpaired) electrons. The highest BCUT2D eigenvalue weighted by Crippen LogP contribution is 2.39. The van der Waals surface area contributed by atoms with Gasteiger partial charge in [0.25, 0.3) is 0 Å². The molecule has 3 rings (SSSR count). The SMILES string of the molecule is CCOc1ccc(-c2c(Cl)nnnc2Cl)c2ccccc12. The number of ether oxygens (including phenoxy) is 1. The Morgan fingerprint density at radius 2 is 1.62 bits per heavy atom. The summed E-state index contributed by atoms with van der Waals surface area (Å²) in [5.74, 6) is 0.819. The van der Waals surface area contributed by atoms with Crippen molar-refractivity contribution in [1.82, 2.24) is 15.4 Å². The molecule has 0 unspecified atom stereocenters. The van der Waals surface area contributed by atoms with Crippen molar-refractivity contribution in [2.24, 2.45) is 0 Å². The minimum atomic E-state index is 0.226. The van der Waals surface area contributed by atoms with Gasteiger partial charge in [0.1, 0.15) is 5.75 Å². The first-order valence-corrected chi connectivity index (χ1v) is 7.17. The first-order valence-electron chi connectivity index (χ1n) is 6.41. The van der Waals surface area contributed by atoms with Crippen LogP contribution in [0.1, 0.15) is 6.92 Å². The van der Waals surface area contributed by atoms with Crippen molar-refractivity contribution in [3.63, 3.8) is 0 Å². The number of benzene rings is 2. The van der Waals surface area contributed by atoms with Crippen LogP contribution in [-0.2, 0) is 0 Å². The highest BCUT2D eigenvalue weighted by Gasteiger charge is 2.16. The molecule has 4 nitrogen and oxygen atoms in total. The van der Waals surface area contributed by atoms with Crippen molar-refractivity contribution >= 4 is 34.0 Å². The van der Waals surface area contributed by atoms with Gasteiger partial charge in [-0.05, 0) is 35.2 Å². The lowest BCUT2D eigenvalue weighted by Gasteiger charge is -2.12. The molecule has 0 atom stereocenters. The van der Waals surface area contributed by atoms with Crippen LogP contribution in [0, 0.1) is 0 Å². The number of halogens is 2. The second kappa shape index (κ2) is 5.84. The molecule has 1 heterocycles. The maximum Gasteiger partial charge on any atom is 0.164 e. The van der Waals surface area contributed by atoms with Gasteiger partial charge in [0, 0.05) is 5.39 Å². The van der Waals surface area contributed by atoms with E-state index in [1.165, 1.54) is 0 Å². The van der Waals surface area contributed by atoms with Gasteiger partial charge in [0.15, 0.2) is 10.3 Å². The molecular formula is C15H11Cl2N3O. The van der Waals surface area contributed by atoms with Gasteiger partial charge in [-0.3, -0.25) is 0 Å². The van der Waals surface area contributed by atoms with Gasteiger partial charge in [-0.15, -0.1) is 10.2 Å². The lowest BCUT2D eigenvalue weighted by atomic mass is 9.99. The lowest BCUT2D eigenvalue weighted by Crippen LogP contribution is -1.96. The Morgan fingerprint density at radius 1 is 0.952 bits per heavy atom. The van der Waals surface area contributed by atoms with Crippen LogP contribution in [0.4, 0.5) is 0 Å². The van der Waals surface area contributed by atoms with Gasteiger partial charge >= 0.3 is 0 Å². The summed E-state index contributed by atoms with van der Waals surface area (Å²) in [5.41, 5.74) is 1.43. The Morgan fingerprint density at radius 3 is 2.29 bits per heavy atom. The van der Waals surface area contributed by atoms with Gasteiger partial charge < -0.3 is 4.74 Å². The normalized spacial score (nSPS) is 10.8. The predicted octanol–water partition coefficient (Wildman–Crippen LogP) is 4.40. The molecule has 0 aliphatic carbocycles. The smallest absolute Gasteiger partial charge is 0.164 e. The summed E-state index contributed by atoms with van der Waals surface area (Å²) < 4.78 is 5.66. The van der Waals surface area contributed by atoms with Crippen molar-refractivity contribution in [2.75, 3.05) is 6.61 Å². The molecule has 0 bridgehead atoms. The quantitative estimate of drug-likeness (QED) is 0.718. The molecular weight excluding hydrogens is 309 g/mol. The van der Waals surface area contributed by atoms with Crippen LogP contribution in [0.25, 0.3) is 21.9 Å². The third-order valence-electron chi connectivity index (χ3n) is 3.13. The molecule has 0 aliphatic rings. The van der Waals surface area contributed by atoms with Crippen LogP contribution in [0.3, 0.4) is 0 Å². The van der Waals surface area contributed by atoms with E-state index in [1.54, 1.807) is 0 Å². The van der Waals surface area contributed by atoms with E-state index in [1.807, 2.05) is 43.3 Å². The molecule has 3 aromatic rings. The number of rotatable bonds is 3. The van der Waals surface area contributed by atoms with E-state index in [0.717, 1.165) is 22.1 Å². The van der Waals surface area contributed by atoms with Crippen molar-refractivity contribution in [3.05, 3.63) is 46.7 Å². The summed E-state index contributed by atoms with van der Waals surface area (Å²) in [7, 11) is 0. The molecule has 0 aliphatic heterocycles. The van der Waals surface area contributed by atoms with Crippen molar-refractivity contribution in [2.45, 2.75) is 6.92 Å². The molecule has 0 saturated heterocycles. The maximum absolute atomic E-state index is 6.14. The summed E-state index contributed by atoms with van der Waals surface area (Å²) in [4.78, 5) is 0. The Bertz CT molecular complexity index is 788. The zero-order valence-electron chi connectivity index (χ0n) is 11.2. The van der Waals surface area contributed by atoms with Gasteiger partial charge in [-0.25, -0.2) is 0 Å². The highest BCUT2D eigenvalue weighted by atomic mass is 35.5. The fourth-order valence-corrected chi connectivity index (χ4v) is 2.78. The van der Waals surface area contributed by atoms with E-state index in [0.29, 0.717) is 12.2 Å².